The van der Waals surface area contributed by atoms with Crippen molar-refractivity contribution in [2.45, 2.75) is 11.4 Å². The normalized spacial score (nSPS) is 14.5. The molecule has 0 unspecified atom stereocenters. The monoisotopic (exact) mass is 433 g/mol. The third kappa shape index (κ3) is 3.57. The van der Waals surface area contributed by atoms with Gasteiger partial charge in [-0.1, -0.05) is 42.1 Å². The molecule has 3 heterocycles. The Morgan fingerprint density at radius 2 is 1.97 bits per heavy atom. The lowest BCUT2D eigenvalue weighted by molar-refractivity contribution is -0.384. The first-order valence-corrected chi connectivity index (χ1v) is 10.5. The highest BCUT2D eigenvalue weighted by molar-refractivity contribution is 7.98. The Morgan fingerprint density at radius 1 is 1.10 bits per heavy atom. The summed E-state index contributed by atoms with van der Waals surface area (Å²) >= 11 is 1.37. The van der Waals surface area contributed by atoms with Gasteiger partial charge in [0.2, 0.25) is 17.3 Å². The number of benzene rings is 2. The van der Waals surface area contributed by atoms with E-state index in [9.17, 15) is 10.1 Å². The highest BCUT2D eigenvalue weighted by Gasteiger charge is 2.28. The number of anilines is 1. The molecule has 10 heteroatoms. The Kier molecular flexibility index (Phi) is 4.75. The predicted molar refractivity (Wildman–Crippen MR) is 115 cm³/mol. The van der Waals surface area contributed by atoms with Crippen molar-refractivity contribution in [2.75, 3.05) is 11.6 Å². The predicted octanol–water partition coefficient (Wildman–Crippen LogP) is 4.93. The fourth-order valence-electron chi connectivity index (χ4n) is 3.28. The van der Waals surface area contributed by atoms with Crippen LogP contribution >= 0.6 is 11.8 Å². The quantitative estimate of drug-likeness (QED) is 0.271. The Labute approximate surface area is 180 Å². The molecule has 0 amide bonds. The first-order chi connectivity index (χ1) is 15.1. The largest absolute Gasteiger partial charge is 0.455 e. The van der Waals surface area contributed by atoms with Crippen LogP contribution in [0.15, 0.2) is 70.2 Å². The fourth-order valence-corrected chi connectivity index (χ4v) is 3.58. The molecular weight excluding hydrogens is 418 g/mol. The van der Waals surface area contributed by atoms with Gasteiger partial charge in [-0.05, 0) is 24.5 Å². The topological polar surface area (TPSA) is 116 Å². The van der Waals surface area contributed by atoms with E-state index in [1.165, 1.54) is 23.9 Å². The van der Waals surface area contributed by atoms with Crippen molar-refractivity contribution in [1.82, 2.24) is 15.2 Å². The van der Waals surface area contributed by atoms with Gasteiger partial charge in [0.1, 0.15) is 5.76 Å². The van der Waals surface area contributed by atoms with E-state index in [0.29, 0.717) is 33.8 Å². The lowest BCUT2D eigenvalue weighted by atomic mass is 10.1. The van der Waals surface area contributed by atoms with Crippen molar-refractivity contribution in [3.63, 3.8) is 0 Å². The molecule has 4 aromatic rings. The van der Waals surface area contributed by atoms with E-state index in [4.69, 9.17) is 9.15 Å². The maximum Gasteiger partial charge on any atom is 0.270 e. The molecule has 0 saturated carbocycles. The zero-order valence-electron chi connectivity index (χ0n) is 16.2. The molecule has 1 N–H and O–H groups in total. The number of hydrogen-bond acceptors (Lipinski definition) is 9. The number of fused-ring (bicyclic) bond motifs is 3. The summed E-state index contributed by atoms with van der Waals surface area (Å²) in [5.74, 6) is 1.33. The van der Waals surface area contributed by atoms with Gasteiger partial charge in [-0.2, -0.15) is 4.98 Å². The van der Waals surface area contributed by atoms with Gasteiger partial charge >= 0.3 is 0 Å². The number of hydrogen-bond donors (Lipinski definition) is 1. The minimum absolute atomic E-state index is 0.00508. The second-order valence-electron chi connectivity index (χ2n) is 6.65. The van der Waals surface area contributed by atoms with Gasteiger partial charge in [0, 0.05) is 28.9 Å². The van der Waals surface area contributed by atoms with Crippen LogP contribution in [0.5, 0.6) is 5.88 Å². The maximum atomic E-state index is 11.1. The maximum absolute atomic E-state index is 11.1. The average molecular weight is 433 g/mol. The minimum atomic E-state index is -0.679. The third-order valence-electron chi connectivity index (χ3n) is 4.74. The van der Waals surface area contributed by atoms with Gasteiger partial charge in [-0.25, -0.2) is 0 Å². The fraction of sp³-hybridized carbons (Fsp3) is 0.0952. The third-order valence-corrected chi connectivity index (χ3v) is 5.28. The minimum Gasteiger partial charge on any atom is -0.455 e. The van der Waals surface area contributed by atoms with E-state index in [0.717, 1.165) is 11.3 Å². The first kappa shape index (κ1) is 19.1. The molecule has 0 bridgehead atoms. The van der Waals surface area contributed by atoms with E-state index in [1.54, 1.807) is 24.3 Å². The van der Waals surface area contributed by atoms with E-state index >= 15 is 0 Å². The molecule has 0 radical (unpaired) electrons. The first-order valence-electron chi connectivity index (χ1n) is 9.28. The van der Waals surface area contributed by atoms with Gasteiger partial charge in [-0.15, -0.1) is 10.2 Å². The standard InChI is InChI=1S/C21H15N5O4S/c1-31-21-23-20-18(24-25-21)14-7-2-3-8-15(14)22-19(30-20)17-10-9-16(29-17)12-5-4-6-13(11-12)26(27)28/h2-11,19,22H,1H3/t19-/m0/s1. The molecule has 2 aromatic heterocycles. The van der Waals surface area contributed by atoms with Crippen molar-refractivity contribution in [2.24, 2.45) is 0 Å². The second-order valence-corrected chi connectivity index (χ2v) is 7.42. The van der Waals surface area contributed by atoms with Gasteiger partial charge < -0.3 is 14.5 Å². The molecule has 0 fully saturated rings. The number of thioether (sulfide) groups is 1. The summed E-state index contributed by atoms with van der Waals surface area (Å²) in [6.45, 7) is 0. The van der Waals surface area contributed by atoms with Crippen LogP contribution in [0.2, 0.25) is 0 Å². The molecule has 1 aliphatic rings. The highest BCUT2D eigenvalue weighted by atomic mass is 32.2. The zero-order valence-corrected chi connectivity index (χ0v) is 17.0. The molecule has 5 rings (SSSR count). The summed E-state index contributed by atoms with van der Waals surface area (Å²) in [5, 5.41) is 23.3. The molecule has 2 aromatic carbocycles. The van der Waals surface area contributed by atoms with Crippen molar-refractivity contribution in [1.29, 1.82) is 0 Å². The Balaban J connectivity index is 1.54. The van der Waals surface area contributed by atoms with Crippen LogP contribution in [0.25, 0.3) is 22.6 Å². The summed E-state index contributed by atoms with van der Waals surface area (Å²) < 4.78 is 12.1. The number of para-hydroxylation sites is 1. The van der Waals surface area contributed by atoms with Crippen molar-refractivity contribution >= 4 is 23.1 Å². The van der Waals surface area contributed by atoms with Crippen LogP contribution < -0.4 is 10.1 Å². The number of rotatable bonds is 4. The number of nitro groups is 1. The van der Waals surface area contributed by atoms with Gasteiger partial charge in [0.05, 0.1) is 4.92 Å². The van der Waals surface area contributed by atoms with Crippen LogP contribution in [0.4, 0.5) is 11.4 Å². The number of nitrogens with zero attached hydrogens (tertiary/aromatic N) is 4. The lowest BCUT2D eigenvalue weighted by Gasteiger charge is -2.16. The van der Waals surface area contributed by atoms with Crippen molar-refractivity contribution in [3.8, 4) is 28.5 Å². The van der Waals surface area contributed by atoms with Crippen LogP contribution in [-0.4, -0.2) is 26.4 Å². The van der Waals surface area contributed by atoms with Crippen molar-refractivity contribution < 1.29 is 14.1 Å². The SMILES string of the molecule is CSc1nnc2c(n1)O[C@@H](c1ccc(-c3cccc([N+](=O)[O-])c3)o1)Nc1ccccc1-2. The number of furan rings is 1. The number of nitrogens with one attached hydrogen (secondary N) is 1. The second kappa shape index (κ2) is 7.73. The highest BCUT2D eigenvalue weighted by Crippen LogP contribution is 2.40. The number of aromatic nitrogens is 3. The Morgan fingerprint density at radius 3 is 2.81 bits per heavy atom. The van der Waals surface area contributed by atoms with Gasteiger partial charge in [0.25, 0.3) is 5.69 Å². The molecular formula is C21H15N5O4S. The van der Waals surface area contributed by atoms with E-state index in [-0.39, 0.29) is 5.69 Å². The molecule has 9 nitrogen and oxygen atoms in total. The van der Waals surface area contributed by atoms with E-state index < -0.39 is 11.2 Å². The lowest BCUT2D eigenvalue weighted by Crippen LogP contribution is -2.16. The smallest absolute Gasteiger partial charge is 0.270 e. The zero-order chi connectivity index (χ0) is 21.4. The Bertz CT molecular complexity index is 1290. The summed E-state index contributed by atoms with van der Waals surface area (Å²) in [7, 11) is 0. The summed E-state index contributed by atoms with van der Waals surface area (Å²) in [6.07, 6.45) is 1.18. The van der Waals surface area contributed by atoms with Crippen LogP contribution in [-0.2, 0) is 0 Å². The number of nitro benzene ring substituents is 1. The summed E-state index contributed by atoms with van der Waals surface area (Å²) in [6, 6.07) is 17.4. The van der Waals surface area contributed by atoms with Crippen LogP contribution in [0.1, 0.15) is 12.0 Å². The summed E-state index contributed by atoms with van der Waals surface area (Å²) in [5.41, 5.74) is 2.75. The van der Waals surface area contributed by atoms with Gasteiger partial charge in [0.15, 0.2) is 11.5 Å². The number of non-ortho nitro benzene ring substituents is 1. The van der Waals surface area contributed by atoms with Gasteiger partial charge in [-0.3, -0.25) is 10.1 Å². The molecule has 0 spiro atoms. The van der Waals surface area contributed by atoms with E-state index in [2.05, 4.69) is 20.5 Å². The van der Waals surface area contributed by atoms with Crippen molar-refractivity contribution in [3.05, 3.63) is 76.5 Å². The molecule has 31 heavy (non-hydrogen) atoms. The molecule has 0 saturated heterocycles. The molecule has 1 aliphatic heterocycles. The molecule has 1 atom stereocenters. The van der Waals surface area contributed by atoms with E-state index in [1.807, 2.05) is 30.5 Å². The van der Waals surface area contributed by atoms with Crippen LogP contribution in [0, 0.1) is 10.1 Å². The Hall–Kier alpha value is -3.92. The number of ether oxygens (including phenoxy) is 1. The molecule has 154 valence electrons. The summed E-state index contributed by atoms with van der Waals surface area (Å²) in [4.78, 5) is 15.1. The van der Waals surface area contributed by atoms with Crippen LogP contribution in [0.3, 0.4) is 0 Å². The molecule has 0 aliphatic carbocycles. The average Bonchev–Trinajstić information content (AvgIpc) is 3.23.